The largest absolute Gasteiger partial charge is 0.385 e. The summed E-state index contributed by atoms with van der Waals surface area (Å²) in [6.45, 7) is 0. The SMILES string of the molecule is O=C(CC1CC1)C(O)C1CC1. The second kappa shape index (κ2) is 2.59. The number of hydrogen-bond donors (Lipinski definition) is 1. The van der Waals surface area contributed by atoms with E-state index >= 15 is 0 Å². The maximum Gasteiger partial charge on any atom is 0.161 e. The molecule has 1 atom stereocenters. The van der Waals surface area contributed by atoms with Crippen molar-refractivity contribution in [2.24, 2.45) is 11.8 Å². The van der Waals surface area contributed by atoms with Gasteiger partial charge in [-0.1, -0.05) is 0 Å². The van der Waals surface area contributed by atoms with Crippen LogP contribution in [0, 0.1) is 11.8 Å². The molecule has 0 heterocycles. The van der Waals surface area contributed by atoms with Gasteiger partial charge >= 0.3 is 0 Å². The summed E-state index contributed by atoms with van der Waals surface area (Å²) in [5, 5.41) is 9.38. The van der Waals surface area contributed by atoms with Gasteiger partial charge in [0.1, 0.15) is 6.10 Å². The molecule has 11 heavy (non-hydrogen) atoms. The van der Waals surface area contributed by atoms with E-state index in [0.717, 1.165) is 12.8 Å². The van der Waals surface area contributed by atoms with Crippen LogP contribution in [0.2, 0.25) is 0 Å². The summed E-state index contributed by atoms with van der Waals surface area (Å²) in [6.07, 6.45) is 4.52. The summed E-state index contributed by atoms with van der Waals surface area (Å²) in [5.41, 5.74) is 0. The summed E-state index contributed by atoms with van der Waals surface area (Å²) in [4.78, 5) is 11.2. The van der Waals surface area contributed by atoms with Crippen LogP contribution in [0.4, 0.5) is 0 Å². The van der Waals surface area contributed by atoms with Gasteiger partial charge in [0.25, 0.3) is 0 Å². The Kier molecular flexibility index (Phi) is 1.72. The molecule has 0 amide bonds. The van der Waals surface area contributed by atoms with E-state index in [9.17, 15) is 9.90 Å². The molecule has 2 saturated carbocycles. The summed E-state index contributed by atoms with van der Waals surface area (Å²) >= 11 is 0. The first-order valence-corrected chi connectivity index (χ1v) is 4.48. The van der Waals surface area contributed by atoms with Gasteiger partial charge in [-0.3, -0.25) is 4.79 Å². The molecule has 1 unspecified atom stereocenters. The lowest BCUT2D eigenvalue weighted by atomic mass is 10.1. The van der Waals surface area contributed by atoms with Crippen molar-refractivity contribution in [3.05, 3.63) is 0 Å². The van der Waals surface area contributed by atoms with Gasteiger partial charge in [-0.2, -0.15) is 0 Å². The lowest BCUT2D eigenvalue weighted by Gasteiger charge is -2.05. The number of Topliss-reactive ketones (excluding diaryl/α,β-unsaturated/α-hetero) is 1. The summed E-state index contributed by atoms with van der Waals surface area (Å²) in [7, 11) is 0. The van der Waals surface area contributed by atoms with Crippen molar-refractivity contribution in [2.45, 2.75) is 38.2 Å². The van der Waals surface area contributed by atoms with Gasteiger partial charge < -0.3 is 5.11 Å². The molecular formula is C9H14O2. The zero-order valence-corrected chi connectivity index (χ0v) is 6.62. The first-order valence-electron chi connectivity index (χ1n) is 4.48. The van der Waals surface area contributed by atoms with E-state index in [2.05, 4.69) is 0 Å². The van der Waals surface area contributed by atoms with Crippen LogP contribution in [-0.4, -0.2) is 17.0 Å². The Bertz CT molecular complexity index is 168. The van der Waals surface area contributed by atoms with Gasteiger partial charge in [0.2, 0.25) is 0 Å². The molecule has 0 radical (unpaired) electrons. The second-order valence-electron chi connectivity index (χ2n) is 3.90. The maximum atomic E-state index is 11.2. The van der Waals surface area contributed by atoms with E-state index in [1.165, 1.54) is 12.8 Å². The maximum absolute atomic E-state index is 11.2. The molecule has 62 valence electrons. The first-order chi connectivity index (χ1) is 5.27. The predicted molar refractivity (Wildman–Crippen MR) is 41.1 cm³/mol. The van der Waals surface area contributed by atoms with Crippen LogP contribution in [0.15, 0.2) is 0 Å². The zero-order chi connectivity index (χ0) is 7.84. The van der Waals surface area contributed by atoms with Crippen molar-refractivity contribution in [2.75, 3.05) is 0 Å². The minimum Gasteiger partial charge on any atom is -0.385 e. The highest BCUT2D eigenvalue weighted by molar-refractivity contribution is 5.83. The number of hydrogen-bond acceptors (Lipinski definition) is 2. The topological polar surface area (TPSA) is 37.3 Å². The standard InChI is InChI=1S/C9H14O2/c10-8(5-6-1-2-6)9(11)7-3-4-7/h6-7,9,11H,1-5H2. The van der Waals surface area contributed by atoms with Gasteiger partial charge in [0, 0.05) is 6.42 Å². The fourth-order valence-electron chi connectivity index (χ4n) is 1.40. The van der Waals surface area contributed by atoms with Gasteiger partial charge in [-0.15, -0.1) is 0 Å². The van der Waals surface area contributed by atoms with Crippen molar-refractivity contribution in [3.8, 4) is 0 Å². The average Bonchev–Trinajstić information content (AvgIpc) is 2.81. The minimum atomic E-state index is -0.615. The third-order valence-electron chi connectivity index (χ3n) is 2.59. The highest BCUT2D eigenvalue weighted by Crippen LogP contribution is 2.37. The Hall–Kier alpha value is -0.370. The molecule has 2 rings (SSSR count). The van der Waals surface area contributed by atoms with Gasteiger partial charge in [-0.05, 0) is 37.5 Å². The first kappa shape index (κ1) is 7.29. The van der Waals surface area contributed by atoms with E-state index in [-0.39, 0.29) is 5.78 Å². The monoisotopic (exact) mass is 154 g/mol. The Morgan fingerprint density at radius 3 is 2.45 bits per heavy atom. The van der Waals surface area contributed by atoms with Crippen LogP contribution in [0.25, 0.3) is 0 Å². The normalized spacial score (nSPS) is 26.6. The number of aliphatic hydroxyl groups excluding tert-OH is 1. The third kappa shape index (κ3) is 1.80. The van der Waals surface area contributed by atoms with Gasteiger partial charge in [0.15, 0.2) is 5.78 Å². The minimum absolute atomic E-state index is 0.0926. The van der Waals surface area contributed by atoms with Crippen LogP contribution in [0.3, 0.4) is 0 Å². The van der Waals surface area contributed by atoms with Crippen LogP contribution in [-0.2, 0) is 4.79 Å². The van der Waals surface area contributed by atoms with E-state index in [4.69, 9.17) is 0 Å². The molecular weight excluding hydrogens is 140 g/mol. The predicted octanol–water partition coefficient (Wildman–Crippen LogP) is 1.13. The Balaban J connectivity index is 1.77. The molecule has 0 saturated heterocycles. The quantitative estimate of drug-likeness (QED) is 0.659. The third-order valence-corrected chi connectivity index (χ3v) is 2.59. The number of carbonyl (C=O) groups is 1. The smallest absolute Gasteiger partial charge is 0.161 e. The molecule has 0 aromatic rings. The number of aliphatic hydroxyl groups is 1. The molecule has 0 spiro atoms. The molecule has 1 N–H and O–H groups in total. The summed E-state index contributed by atoms with van der Waals surface area (Å²) in [6, 6.07) is 0. The number of carbonyl (C=O) groups excluding carboxylic acids is 1. The number of rotatable bonds is 4. The molecule has 0 aromatic heterocycles. The average molecular weight is 154 g/mol. The summed E-state index contributed by atoms with van der Waals surface area (Å²) in [5.74, 6) is 1.03. The van der Waals surface area contributed by atoms with Gasteiger partial charge in [-0.25, -0.2) is 0 Å². The van der Waals surface area contributed by atoms with Crippen molar-refractivity contribution in [3.63, 3.8) is 0 Å². The van der Waals surface area contributed by atoms with E-state index in [1.54, 1.807) is 0 Å². The van der Waals surface area contributed by atoms with Crippen molar-refractivity contribution in [1.82, 2.24) is 0 Å². The lowest BCUT2D eigenvalue weighted by molar-refractivity contribution is -0.128. The number of ketones is 1. The van der Waals surface area contributed by atoms with E-state index in [1.807, 2.05) is 0 Å². The van der Waals surface area contributed by atoms with Crippen LogP contribution in [0.1, 0.15) is 32.1 Å². The second-order valence-corrected chi connectivity index (χ2v) is 3.90. The van der Waals surface area contributed by atoms with Crippen LogP contribution >= 0.6 is 0 Å². The Labute approximate surface area is 66.6 Å². The Morgan fingerprint density at radius 1 is 1.36 bits per heavy atom. The van der Waals surface area contributed by atoms with Crippen LogP contribution in [0.5, 0.6) is 0 Å². The lowest BCUT2D eigenvalue weighted by Crippen LogP contribution is -2.22. The zero-order valence-electron chi connectivity index (χ0n) is 6.62. The molecule has 2 aliphatic carbocycles. The van der Waals surface area contributed by atoms with E-state index in [0.29, 0.717) is 18.3 Å². The molecule has 0 aliphatic heterocycles. The fraction of sp³-hybridized carbons (Fsp3) is 0.889. The molecule has 2 fully saturated rings. The molecule has 2 aliphatic rings. The van der Waals surface area contributed by atoms with Crippen molar-refractivity contribution in [1.29, 1.82) is 0 Å². The highest BCUT2D eigenvalue weighted by Gasteiger charge is 2.36. The molecule has 2 nitrogen and oxygen atoms in total. The van der Waals surface area contributed by atoms with Crippen LogP contribution < -0.4 is 0 Å². The molecule has 2 heteroatoms. The summed E-state index contributed by atoms with van der Waals surface area (Å²) < 4.78 is 0. The van der Waals surface area contributed by atoms with Gasteiger partial charge in [0.05, 0.1) is 0 Å². The Morgan fingerprint density at radius 2 is 2.00 bits per heavy atom. The fourth-order valence-corrected chi connectivity index (χ4v) is 1.40. The van der Waals surface area contributed by atoms with E-state index < -0.39 is 6.10 Å². The van der Waals surface area contributed by atoms with Crippen molar-refractivity contribution < 1.29 is 9.90 Å². The highest BCUT2D eigenvalue weighted by atomic mass is 16.3. The molecule has 0 bridgehead atoms. The van der Waals surface area contributed by atoms with Crippen molar-refractivity contribution >= 4 is 5.78 Å². The molecule has 0 aromatic carbocycles.